The summed E-state index contributed by atoms with van der Waals surface area (Å²) in [6, 6.07) is 15.8. The fourth-order valence-electron chi connectivity index (χ4n) is 3.28. The molecule has 0 aliphatic heterocycles. The number of hydrogen-bond donors (Lipinski definition) is 1. The molecule has 156 valence electrons. The molecule has 1 aromatic heterocycles. The van der Waals surface area contributed by atoms with E-state index in [-0.39, 0.29) is 5.56 Å². The number of aromatic nitrogens is 1. The molecule has 2 aromatic carbocycles. The van der Waals surface area contributed by atoms with E-state index >= 15 is 0 Å². The van der Waals surface area contributed by atoms with Gasteiger partial charge < -0.3 is 14.6 Å². The van der Waals surface area contributed by atoms with Crippen molar-refractivity contribution in [2.75, 3.05) is 19.1 Å². The van der Waals surface area contributed by atoms with Gasteiger partial charge in [0.2, 0.25) is 0 Å². The number of benzene rings is 2. The number of carbonyl (C=O) groups is 2. The summed E-state index contributed by atoms with van der Waals surface area (Å²) in [7, 11) is 1.30. The van der Waals surface area contributed by atoms with Gasteiger partial charge in [0, 0.05) is 17.0 Å². The second-order valence-electron chi connectivity index (χ2n) is 6.84. The third-order valence-corrected chi connectivity index (χ3v) is 5.48. The molecule has 1 heterocycles. The van der Waals surface area contributed by atoms with Gasteiger partial charge in [0.1, 0.15) is 6.04 Å². The van der Waals surface area contributed by atoms with E-state index in [0.29, 0.717) is 35.1 Å². The number of amides is 1. The summed E-state index contributed by atoms with van der Waals surface area (Å²) in [5.41, 5.74) is 1.13. The SMILES string of the molecule is COC(=O)[C@H](CCSC)NC(=O)c1cn(Cc2ccccc2)c(=O)c2ccccc12. The average Bonchev–Trinajstić information content (AvgIpc) is 2.78. The second-order valence-corrected chi connectivity index (χ2v) is 7.82. The maximum absolute atomic E-state index is 13.1. The molecular formula is C23H24N2O4S. The van der Waals surface area contributed by atoms with Crippen LogP contribution in [0.2, 0.25) is 0 Å². The van der Waals surface area contributed by atoms with Crippen molar-refractivity contribution in [3.05, 3.63) is 82.3 Å². The molecule has 0 aliphatic carbocycles. The zero-order chi connectivity index (χ0) is 21.5. The molecule has 1 N–H and O–H groups in total. The smallest absolute Gasteiger partial charge is 0.328 e. The summed E-state index contributed by atoms with van der Waals surface area (Å²) in [6.45, 7) is 0.345. The van der Waals surface area contributed by atoms with Crippen LogP contribution in [-0.2, 0) is 16.1 Å². The van der Waals surface area contributed by atoms with Gasteiger partial charge in [-0.2, -0.15) is 11.8 Å². The number of nitrogens with one attached hydrogen (secondary N) is 1. The Morgan fingerprint density at radius 3 is 2.40 bits per heavy atom. The van der Waals surface area contributed by atoms with E-state index in [1.165, 1.54) is 11.7 Å². The Bertz CT molecular complexity index is 1100. The number of nitrogens with zero attached hydrogens (tertiary/aromatic N) is 1. The fourth-order valence-corrected chi connectivity index (χ4v) is 3.76. The molecule has 0 unspecified atom stereocenters. The molecule has 0 spiro atoms. The Hall–Kier alpha value is -3.06. The molecular weight excluding hydrogens is 400 g/mol. The zero-order valence-electron chi connectivity index (χ0n) is 17.0. The standard InChI is InChI=1S/C23H24N2O4S/c1-29-23(28)20(12-13-30-2)24-21(26)19-15-25(14-16-8-4-3-5-9-16)22(27)18-11-7-6-10-17(18)19/h3-11,15,20H,12-14H2,1-2H3,(H,24,26)/t20-/m0/s1. The Morgan fingerprint density at radius 1 is 1.07 bits per heavy atom. The minimum absolute atomic E-state index is 0.169. The normalized spacial score (nSPS) is 11.8. The highest BCUT2D eigenvalue weighted by molar-refractivity contribution is 7.98. The van der Waals surface area contributed by atoms with E-state index in [9.17, 15) is 14.4 Å². The van der Waals surface area contributed by atoms with Gasteiger partial charge in [0.05, 0.1) is 19.2 Å². The third-order valence-electron chi connectivity index (χ3n) is 4.84. The number of ether oxygens (including phenoxy) is 1. The first-order valence-corrected chi connectivity index (χ1v) is 11.0. The number of methoxy groups -OCH3 is 1. The number of hydrogen-bond acceptors (Lipinski definition) is 5. The van der Waals surface area contributed by atoms with E-state index in [2.05, 4.69) is 5.32 Å². The summed E-state index contributed by atoms with van der Waals surface area (Å²) < 4.78 is 6.37. The van der Waals surface area contributed by atoms with Gasteiger partial charge in [-0.1, -0.05) is 48.5 Å². The summed E-state index contributed by atoms with van der Waals surface area (Å²) in [5, 5.41) is 3.79. The molecule has 6 nitrogen and oxygen atoms in total. The predicted octanol–water partition coefficient (Wildman–Crippen LogP) is 3.07. The minimum Gasteiger partial charge on any atom is -0.467 e. The van der Waals surface area contributed by atoms with Crippen LogP contribution in [0.1, 0.15) is 22.3 Å². The molecule has 0 aliphatic rings. The highest BCUT2D eigenvalue weighted by Gasteiger charge is 2.23. The first kappa shape index (κ1) is 21.6. The third kappa shape index (κ3) is 4.91. The molecule has 1 amide bonds. The number of rotatable bonds is 8. The lowest BCUT2D eigenvalue weighted by molar-refractivity contribution is -0.142. The summed E-state index contributed by atoms with van der Waals surface area (Å²) in [5.74, 6) is -0.197. The van der Waals surface area contributed by atoms with Crippen LogP contribution in [0.25, 0.3) is 10.8 Å². The second kappa shape index (κ2) is 10.1. The van der Waals surface area contributed by atoms with Crippen LogP contribution in [-0.4, -0.2) is 41.6 Å². The average molecular weight is 425 g/mol. The minimum atomic E-state index is -0.747. The van der Waals surface area contributed by atoms with Gasteiger partial charge in [-0.3, -0.25) is 9.59 Å². The van der Waals surface area contributed by atoms with Crippen LogP contribution < -0.4 is 10.9 Å². The van der Waals surface area contributed by atoms with Crippen molar-refractivity contribution in [3.63, 3.8) is 0 Å². The van der Waals surface area contributed by atoms with Gasteiger partial charge in [0.25, 0.3) is 11.5 Å². The van der Waals surface area contributed by atoms with E-state index in [4.69, 9.17) is 4.74 Å². The van der Waals surface area contributed by atoms with Gasteiger partial charge >= 0.3 is 5.97 Å². The van der Waals surface area contributed by atoms with Crippen LogP contribution in [0.3, 0.4) is 0 Å². The highest BCUT2D eigenvalue weighted by atomic mass is 32.2. The van der Waals surface area contributed by atoms with Crippen molar-refractivity contribution in [2.45, 2.75) is 19.0 Å². The first-order chi connectivity index (χ1) is 14.5. The lowest BCUT2D eigenvalue weighted by atomic mass is 10.1. The Kier molecular flexibility index (Phi) is 7.30. The summed E-state index contributed by atoms with van der Waals surface area (Å²) in [6.07, 6.45) is 3.96. The summed E-state index contributed by atoms with van der Waals surface area (Å²) in [4.78, 5) is 38.2. The number of thioether (sulfide) groups is 1. The number of esters is 1. The lowest BCUT2D eigenvalue weighted by Gasteiger charge is -2.18. The van der Waals surface area contributed by atoms with Gasteiger partial charge in [-0.25, -0.2) is 4.79 Å². The quantitative estimate of drug-likeness (QED) is 0.563. The van der Waals surface area contributed by atoms with E-state index in [1.807, 2.05) is 36.6 Å². The van der Waals surface area contributed by atoms with Crippen molar-refractivity contribution >= 4 is 34.4 Å². The molecule has 0 bridgehead atoms. The van der Waals surface area contributed by atoms with Crippen molar-refractivity contribution < 1.29 is 14.3 Å². The van der Waals surface area contributed by atoms with Crippen molar-refractivity contribution in [1.82, 2.24) is 9.88 Å². The largest absolute Gasteiger partial charge is 0.467 e. The molecule has 3 aromatic rings. The predicted molar refractivity (Wildman–Crippen MR) is 120 cm³/mol. The molecule has 0 fully saturated rings. The Labute approximate surface area is 179 Å². The van der Waals surface area contributed by atoms with Crippen LogP contribution in [0.15, 0.2) is 65.6 Å². The molecule has 7 heteroatoms. The van der Waals surface area contributed by atoms with Crippen LogP contribution >= 0.6 is 11.8 Å². The number of fused-ring (bicyclic) bond motifs is 1. The molecule has 30 heavy (non-hydrogen) atoms. The Balaban J connectivity index is 2.01. The fraction of sp³-hybridized carbons (Fsp3) is 0.261. The van der Waals surface area contributed by atoms with Crippen molar-refractivity contribution in [1.29, 1.82) is 0 Å². The first-order valence-electron chi connectivity index (χ1n) is 9.59. The van der Waals surface area contributed by atoms with E-state index in [1.54, 1.807) is 42.2 Å². The number of carbonyl (C=O) groups excluding carboxylic acids is 2. The van der Waals surface area contributed by atoms with E-state index in [0.717, 1.165) is 5.56 Å². The molecule has 1 atom stereocenters. The van der Waals surface area contributed by atoms with E-state index < -0.39 is 17.9 Å². The molecule has 0 radical (unpaired) electrons. The monoisotopic (exact) mass is 424 g/mol. The molecule has 0 saturated heterocycles. The topological polar surface area (TPSA) is 77.4 Å². The highest BCUT2D eigenvalue weighted by Crippen LogP contribution is 2.17. The van der Waals surface area contributed by atoms with Gasteiger partial charge in [-0.15, -0.1) is 0 Å². The molecule has 0 saturated carbocycles. The summed E-state index contributed by atoms with van der Waals surface area (Å²) >= 11 is 1.58. The van der Waals surface area contributed by atoms with Crippen LogP contribution in [0.4, 0.5) is 0 Å². The van der Waals surface area contributed by atoms with Crippen molar-refractivity contribution in [2.24, 2.45) is 0 Å². The Morgan fingerprint density at radius 2 is 1.73 bits per heavy atom. The molecule has 3 rings (SSSR count). The lowest BCUT2D eigenvalue weighted by Crippen LogP contribution is -2.42. The van der Waals surface area contributed by atoms with Crippen LogP contribution in [0.5, 0.6) is 0 Å². The zero-order valence-corrected chi connectivity index (χ0v) is 17.8. The number of pyridine rings is 1. The van der Waals surface area contributed by atoms with Gasteiger partial charge in [0.15, 0.2) is 0 Å². The van der Waals surface area contributed by atoms with Gasteiger partial charge in [-0.05, 0) is 30.1 Å². The van der Waals surface area contributed by atoms with Crippen LogP contribution in [0, 0.1) is 0 Å². The maximum Gasteiger partial charge on any atom is 0.328 e. The van der Waals surface area contributed by atoms with Crippen molar-refractivity contribution in [3.8, 4) is 0 Å². The maximum atomic E-state index is 13.1.